The van der Waals surface area contributed by atoms with Crippen molar-refractivity contribution in [3.63, 3.8) is 0 Å². The fourth-order valence-corrected chi connectivity index (χ4v) is 2.40. The summed E-state index contributed by atoms with van der Waals surface area (Å²) in [5.74, 6) is -0.0677. The molecule has 0 fully saturated rings. The van der Waals surface area contributed by atoms with Crippen LogP contribution in [0, 0.1) is 0 Å². The SMILES string of the molecule is O=C(c1ccccc1)n1ccc(-c2ccc(Cl)c(Cl)c2)c1. The zero-order valence-corrected chi connectivity index (χ0v) is 12.5. The van der Waals surface area contributed by atoms with Crippen LogP contribution in [0.25, 0.3) is 11.1 Å². The van der Waals surface area contributed by atoms with Gasteiger partial charge in [0.1, 0.15) is 0 Å². The zero-order chi connectivity index (χ0) is 14.8. The van der Waals surface area contributed by atoms with Crippen molar-refractivity contribution in [1.82, 2.24) is 4.57 Å². The lowest BCUT2D eigenvalue weighted by atomic mass is 10.1. The third kappa shape index (κ3) is 2.87. The molecule has 0 saturated heterocycles. The van der Waals surface area contributed by atoms with Gasteiger partial charge in [-0.05, 0) is 41.5 Å². The Morgan fingerprint density at radius 1 is 0.857 bits per heavy atom. The summed E-state index contributed by atoms with van der Waals surface area (Å²) in [5, 5.41) is 1.01. The van der Waals surface area contributed by atoms with Crippen LogP contribution < -0.4 is 0 Å². The van der Waals surface area contributed by atoms with Crippen LogP contribution in [0.2, 0.25) is 10.0 Å². The molecule has 0 N–H and O–H groups in total. The second-order valence-electron chi connectivity index (χ2n) is 4.61. The van der Waals surface area contributed by atoms with Gasteiger partial charge in [-0.15, -0.1) is 0 Å². The lowest BCUT2D eigenvalue weighted by molar-refractivity contribution is 0.0960. The van der Waals surface area contributed by atoms with Gasteiger partial charge in [0.2, 0.25) is 0 Å². The minimum atomic E-state index is -0.0677. The third-order valence-corrected chi connectivity index (χ3v) is 3.94. The van der Waals surface area contributed by atoms with Gasteiger partial charge >= 0.3 is 0 Å². The first-order valence-corrected chi connectivity index (χ1v) is 7.14. The highest BCUT2D eigenvalue weighted by Crippen LogP contribution is 2.28. The summed E-state index contributed by atoms with van der Waals surface area (Å²) in [6.07, 6.45) is 3.53. The van der Waals surface area contributed by atoms with Crippen LogP contribution in [0.3, 0.4) is 0 Å². The topological polar surface area (TPSA) is 22.0 Å². The Kier molecular flexibility index (Phi) is 3.82. The maximum atomic E-state index is 12.3. The monoisotopic (exact) mass is 315 g/mol. The van der Waals surface area contributed by atoms with Gasteiger partial charge in [0.05, 0.1) is 10.0 Å². The van der Waals surface area contributed by atoms with Crippen LogP contribution in [0.1, 0.15) is 10.4 Å². The van der Waals surface area contributed by atoms with Crippen molar-refractivity contribution < 1.29 is 4.79 Å². The summed E-state index contributed by atoms with van der Waals surface area (Å²) in [6, 6.07) is 16.4. The van der Waals surface area contributed by atoms with Gasteiger partial charge in [-0.1, -0.05) is 47.5 Å². The second kappa shape index (κ2) is 5.76. The number of halogens is 2. The largest absolute Gasteiger partial charge is 0.290 e. The van der Waals surface area contributed by atoms with Crippen molar-refractivity contribution in [2.45, 2.75) is 0 Å². The second-order valence-corrected chi connectivity index (χ2v) is 5.42. The predicted molar refractivity (Wildman–Crippen MR) is 86.1 cm³/mol. The van der Waals surface area contributed by atoms with E-state index in [4.69, 9.17) is 23.2 Å². The lowest BCUT2D eigenvalue weighted by Gasteiger charge is -2.02. The first kappa shape index (κ1) is 13.9. The molecule has 3 aromatic rings. The highest BCUT2D eigenvalue weighted by atomic mass is 35.5. The number of benzene rings is 2. The van der Waals surface area contributed by atoms with E-state index in [1.165, 1.54) is 0 Å². The van der Waals surface area contributed by atoms with Gasteiger partial charge < -0.3 is 0 Å². The molecule has 0 unspecified atom stereocenters. The average Bonchev–Trinajstić information content (AvgIpc) is 3.00. The van der Waals surface area contributed by atoms with Crippen molar-refractivity contribution >= 4 is 29.1 Å². The van der Waals surface area contributed by atoms with Gasteiger partial charge in [-0.2, -0.15) is 0 Å². The van der Waals surface area contributed by atoms with Crippen LogP contribution in [-0.2, 0) is 0 Å². The van der Waals surface area contributed by atoms with Crippen molar-refractivity contribution in [1.29, 1.82) is 0 Å². The quantitative estimate of drug-likeness (QED) is 0.641. The summed E-state index contributed by atoms with van der Waals surface area (Å²) in [5.41, 5.74) is 2.48. The molecular formula is C17H11Cl2NO. The molecule has 0 aliphatic heterocycles. The molecule has 0 saturated carbocycles. The molecule has 0 radical (unpaired) electrons. The summed E-state index contributed by atoms with van der Waals surface area (Å²) in [7, 11) is 0. The highest BCUT2D eigenvalue weighted by Gasteiger charge is 2.09. The number of nitrogens with zero attached hydrogens (tertiary/aromatic N) is 1. The van der Waals surface area contributed by atoms with Gasteiger partial charge in [-0.3, -0.25) is 9.36 Å². The fraction of sp³-hybridized carbons (Fsp3) is 0. The maximum Gasteiger partial charge on any atom is 0.261 e. The maximum absolute atomic E-state index is 12.3. The molecule has 21 heavy (non-hydrogen) atoms. The van der Waals surface area contributed by atoms with Crippen LogP contribution in [0.4, 0.5) is 0 Å². The van der Waals surface area contributed by atoms with Gasteiger partial charge in [-0.25, -0.2) is 0 Å². The van der Waals surface area contributed by atoms with E-state index in [-0.39, 0.29) is 5.91 Å². The smallest absolute Gasteiger partial charge is 0.261 e. The number of carbonyl (C=O) groups is 1. The molecule has 0 spiro atoms. The molecule has 1 aromatic heterocycles. The molecule has 0 aliphatic carbocycles. The van der Waals surface area contributed by atoms with E-state index in [1.807, 2.05) is 30.3 Å². The van der Waals surface area contributed by atoms with E-state index in [1.54, 1.807) is 41.2 Å². The molecule has 0 bridgehead atoms. The van der Waals surface area contributed by atoms with E-state index in [0.29, 0.717) is 15.6 Å². The van der Waals surface area contributed by atoms with E-state index in [2.05, 4.69) is 0 Å². The highest BCUT2D eigenvalue weighted by molar-refractivity contribution is 6.42. The van der Waals surface area contributed by atoms with E-state index in [0.717, 1.165) is 11.1 Å². The molecule has 2 aromatic carbocycles. The normalized spacial score (nSPS) is 10.6. The van der Waals surface area contributed by atoms with Crippen molar-refractivity contribution in [3.8, 4) is 11.1 Å². The van der Waals surface area contributed by atoms with E-state index >= 15 is 0 Å². The van der Waals surface area contributed by atoms with Crippen molar-refractivity contribution in [2.75, 3.05) is 0 Å². The number of rotatable bonds is 2. The summed E-state index contributed by atoms with van der Waals surface area (Å²) in [6.45, 7) is 0. The third-order valence-electron chi connectivity index (χ3n) is 3.20. The Morgan fingerprint density at radius 2 is 1.62 bits per heavy atom. The van der Waals surface area contributed by atoms with E-state index < -0.39 is 0 Å². The molecule has 104 valence electrons. The molecule has 0 amide bonds. The summed E-state index contributed by atoms with van der Waals surface area (Å²) < 4.78 is 1.56. The van der Waals surface area contributed by atoms with Crippen LogP contribution >= 0.6 is 23.2 Å². The Balaban J connectivity index is 1.93. The Hall–Kier alpha value is -2.03. The van der Waals surface area contributed by atoms with Gasteiger partial charge in [0.25, 0.3) is 5.91 Å². The predicted octanol–water partition coefficient (Wildman–Crippen LogP) is 5.15. The molecule has 0 aliphatic rings. The minimum absolute atomic E-state index is 0.0677. The number of hydrogen-bond donors (Lipinski definition) is 0. The lowest BCUT2D eigenvalue weighted by Crippen LogP contribution is -2.08. The first-order chi connectivity index (χ1) is 10.1. The molecule has 1 heterocycles. The molecule has 2 nitrogen and oxygen atoms in total. The molecule has 3 rings (SSSR count). The zero-order valence-electron chi connectivity index (χ0n) is 11.0. The average molecular weight is 316 g/mol. The van der Waals surface area contributed by atoms with Gasteiger partial charge in [0, 0.05) is 18.0 Å². The molecule has 4 heteroatoms. The van der Waals surface area contributed by atoms with Crippen molar-refractivity contribution in [2.24, 2.45) is 0 Å². The first-order valence-electron chi connectivity index (χ1n) is 6.38. The minimum Gasteiger partial charge on any atom is -0.290 e. The van der Waals surface area contributed by atoms with Crippen LogP contribution in [0.5, 0.6) is 0 Å². The standard InChI is InChI=1S/C17H11Cl2NO/c18-15-7-6-13(10-16(15)19)14-8-9-20(11-14)17(21)12-4-2-1-3-5-12/h1-11H. The summed E-state index contributed by atoms with van der Waals surface area (Å²) >= 11 is 11.9. The Bertz CT molecular complexity index is 794. The number of aromatic nitrogens is 1. The van der Waals surface area contributed by atoms with Crippen molar-refractivity contribution in [3.05, 3.63) is 82.6 Å². The number of carbonyl (C=O) groups excluding carboxylic acids is 1. The van der Waals surface area contributed by atoms with Gasteiger partial charge in [0.15, 0.2) is 0 Å². The summed E-state index contributed by atoms with van der Waals surface area (Å²) in [4.78, 5) is 12.3. The molecular weight excluding hydrogens is 305 g/mol. The number of hydrogen-bond acceptors (Lipinski definition) is 1. The molecule has 0 atom stereocenters. The fourth-order valence-electron chi connectivity index (χ4n) is 2.10. The Labute approximate surface area is 132 Å². The van der Waals surface area contributed by atoms with Crippen LogP contribution in [-0.4, -0.2) is 10.5 Å². The Morgan fingerprint density at radius 3 is 2.33 bits per heavy atom. The van der Waals surface area contributed by atoms with Crippen LogP contribution in [0.15, 0.2) is 67.0 Å². The van der Waals surface area contributed by atoms with E-state index in [9.17, 15) is 4.79 Å².